The lowest BCUT2D eigenvalue weighted by Crippen LogP contribution is -2.69. The van der Waals surface area contributed by atoms with Crippen molar-refractivity contribution in [1.29, 1.82) is 0 Å². The Morgan fingerprint density at radius 1 is 0.896 bits per heavy atom. The Morgan fingerprint density at radius 2 is 1.55 bits per heavy atom. The molecule has 2 amide bonds. The van der Waals surface area contributed by atoms with Gasteiger partial charge in [-0.25, -0.2) is 9.59 Å². The van der Waals surface area contributed by atoms with Gasteiger partial charge in [-0.1, -0.05) is 98.8 Å². The van der Waals surface area contributed by atoms with E-state index in [0.29, 0.717) is 22.3 Å². The minimum absolute atomic E-state index is 0.00260. The van der Waals surface area contributed by atoms with Crippen molar-refractivity contribution in [3.63, 3.8) is 0 Å². The van der Waals surface area contributed by atoms with Crippen molar-refractivity contribution in [2.24, 2.45) is 10.8 Å². The average molecular weight is 924 g/mol. The van der Waals surface area contributed by atoms with E-state index in [9.17, 15) is 33.9 Å². The molecule has 1 saturated carbocycles. The summed E-state index contributed by atoms with van der Waals surface area (Å²) in [6.45, 7) is 8.29. The summed E-state index contributed by atoms with van der Waals surface area (Å²) >= 11 is 0. The molecule has 3 aromatic carbocycles. The molecule has 8 atom stereocenters. The zero-order chi connectivity index (χ0) is 47.7. The maximum Gasteiger partial charge on any atom is 0.348 e. The fraction of sp³-hybridized carbons (Fsp3) is 0.480. The van der Waals surface area contributed by atoms with Crippen LogP contribution in [0.2, 0.25) is 0 Å². The Bertz CT molecular complexity index is 2350. The molecule has 0 radical (unpaired) electrons. The minimum Gasteiger partial charge on any atom is -0.462 e. The molecule has 4 heterocycles. The van der Waals surface area contributed by atoms with Crippen LogP contribution in [0.25, 0.3) is 6.08 Å². The Labute approximate surface area is 388 Å². The third-order valence-electron chi connectivity index (χ3n) is 12.8. The summed E-state index contributed by atoms with van der Waals surface area (Å²) in [7, 11) is 0. The molecule has 8 unspecified atom stereocenters. The summed E-state index contributed by atoms with van der Waals surface area (Å²) < 4.78 is 36.2. The second kappa shape index (κ2) is 19.0. The van der Waals surface area contributed by atoms with Crippen LogP contribution in [0.1, 0.15) is 82.6 Å². The van der Waals surface area contributed by atoms with Crippen molar-refractivity contribution in [2.45, 2.75) is 121 Å². The fourth-order valence-electron chi connectivity index (χ4n) is 9.59. The Morgan fingerprint density at radius 3 is 2.19 bits per heavy atom. The summed E-state index contributed by atoms with van der Waals surface area (Å²) in [5.74, 6) is -5.07. The minimum atomic E-state index is -1.61. The van der Waals surface area contributed by atoms with Gasteiger partial charge in [-0.3, -0.25) is 24.0 Å². The number of amides is 2. The molecule has 17 nitrogen and oxygen atoms in total. The SMILES string of the molecule is CC(C)(C)OC(=O)CCC(CO)NC(=O)CCNC(=O)C12CC3OC(=O)C1N(Cc1ccccc1C=CC(=O)OC1C(=O)OCC1(C)C)OC2C1OC(c2ccccc2)(c2ccccc2)OC31. The topological polar surface area (TPSA) is 215 Å². The first-order valence-electron chi connectivity index (χ1n) is 22.6. The van der Waals surface area contributed by atoms with E-state index >= 15 is 0 Å². The van der Waals surface area contributed by atoms with Crippen LogP contribution >= 0.6 is 0 Å². The molecule has 5 fully saturated rings. The summed E-state index contributed by atoms with van der Waals surface area (Å²) in [6.07, 6.45) is -2.26. The zero-order valence-electron chi connectivity index (χ0n) is 38.1. The third kappa shape index (κ3) is 9.61. The fourth-order valence-corrected chi connectivity index (χ4v) is 9.59. The highest BCUT2D eigenvalue weighted by Gasteiger charge is 2.76. The van der Waals surface area contributed by atoms with Gasteiger partial charge in [0.25, 0.3) is 0 Å². The number of aliphatic hydroxyl groups excluding tert-OH is 1. The van der Waals surface area contributed by atoms with Gasteiger partial charge in [0, 0.05) is 48.4 Å². The Balaban J connectivity index is 1.06. The molecule has 0 aromatic heterocycles. The molecule has 1 aliphatic carbocycles. The second-order valence-corrected chi connectivity index (χ2v) is 19.3. The first kappa shape index (κ1) is 47.5. The molecule has 2 bridgehead atoms. The van der Waals surface area contributed by atoms with Gasteiger partial charge in [0.2, 0.25) is 23.7 Å². The monoisotopic (exact) mass is 923 g/mol. The number of carbonyl (C=O) groups is 6. The highest BCUT2D eigenvalue weighted by Crippen LogP contribution is 2.59. The number of hydrogen-bond donors (Lipinski definition) is 3. The maximum atomic E-state index is 15.0. The number of nitrogens with zero attached hydrogens (tertiary/aromatic N) is 1. The number of benzene rings is 3. The molecule has 3 N–H and O–H groups in total. The molecule has 17 heteroatoms. The van der Waals surface area contributed by atoms with Crippen LogP contribution in [0.3, 0.4) is 0 Å². The Kier molecular flexibility index (Phi) is 13.4. The number of carbonyl (C=O) groups excluding carboxylic acids is 6. The molecular formula is C50H57N3O14. The highest BCUT2D eigenvalue weighted by atomic mass is 16.8. The van der Waals surface area contributed by atoms with E-state index in [1.165, 1.54) is 17.2 Å². The van der Waals surface area contributed by atoms with Gasteiger partial charge in [-0.2, -0.15) is 5.06 Å². The van der Waals surface area contributed by atoms with Gasteiger partial charge in [0.15, 0.2) is 6.04 Å². The molecule has 67 heavy (non-hydrogen) atoms. The highest BCUT2D eigenvalue weighted by molar-refractivity contribution is 5.94. The van der Waals surface area contributed by atoms with Crippen LogP contribution in [0.4, 0.5) is 0 Å². The van der Waals surface area contributed by atoms with E-state index in [1.54, 1.807) is 58.9 Å². The largest absolute Gasteiger partial charge is 0.462 e. The van der Waals surface area contributed by atoms with Crippen LogP contribution in [0, 0.1) is 10.8 Å². The van der Waals surface area contributed by atoms with E-state index in [2.05, 4.69) is 10.6 Å². The smallest absolute Gasteiger partial charge is 0.348 e. The van der Waals surface area contributed by atoms with E-state index < -0.39 is 107 Å². The number of hydrogen-bond acceptors (Lipinski definition) is 15. The average Bonchev–Trinajstić information content (AvgIpc) is 3.95. The predicted octanol–water partition coefficient (Wildman–Crippen LogP) is 3.79. The lowest BCUT2D eigenvalue weighted by atomic mass is 9.62. The van der Waals surface area contributed by atoms with Crippen LogP contribution in [0.5, 0.6) is 0 Å². The van der Waals surface area contributed by atoms with E-state index in [4.69, 9.17) is 33.3 Å². The lowest BCUT2D eigenvalue weighted by molar-refractivity contribution is -0.213. The van der Waals surface area contributed by atoms with Gasteiger partial charge in [0.05, 0.1) is 19.2 Å². The van der Waals surface area contributed by atoms with Crippen molar-refractivity contribution >= 4 is 41.8 Å². The molecule has 5 aliphatic rings. The first-order chi connectivity index (χ1) is 31.9. The summed E-state index contributed by atoms with van der Waals surface area (Å²) in [5.41, 5.74) is -0.467. The van der Waals surface area contributed by atoms with Crippen molar-refractivity contribution in [3.05, 3.63) is 113 Å². The van der Waals surface area contributed by atoms with Crippen LogP contribution in [-0.2, 0) is 74.4 Å². The first-order valence-corrected chi connectivity index (χ1v) is 22.6. The van der Waals surface area contributed by atoms with Crippen molar-refractivity contribution < 1.29 is 67.1 Å². The maximum absolute atomic E-state index is 15.0. The molecule has 0 spiro atoms. The van der Waals surface area contributed by atoms with Crippen LogP contribution < -0.4 is 10.6 Å². The molecule has 4 aliphatic heterocycles. The summed E-state index contributed by atoms with van der Waals surface area (Å²) in [5, 5.41) is 17.0. The molecule has 356 valence electrons. The van der Waals surface area contributed by atoms with Gasteiger partial charge >= 0.3 is 23.9 Å². The zero-order valence-corrected chi connectivity index (χ0v) is 38.1. The summed E-state index contributed by atoms with van der Waals surface area (Å²) in [6, 6.07) is 23.8. The number of hydroxylamine groups is 2. The second-order valence-electron chi connectivity index (χ2n) is 19.3. The van der Waals surface area contributed by atoms with Gasteiger partial charge in [-0.15, -0.1) is 0 Å². The van der Waals surface area contributed by atoms with Crippen LogP contribution in [0.15, 0.2) is 91.0 Å². The number of rotatable bonds is 16. The Hall–Kier alpha value is -5.98. The van der Waals surface area contributed by atoms with Crippen molar-refractivity contribution in [1.82, 2.24) is 15.7 Å². The normalized spacial score (nSPS) is 27.4. The van der Waals surface area contributed by atoms with E-state index in [-0.39, 0.29) is 45.4 Å². The number of aliphatic hydroxyl groups is 1. The predicted molar refractivity (Wildman–Crippen MR) is 236 cm³/mol. The van der Waals surface area contributed by atoms with Gasteiger partial charge < -0.3 is 44.2 Å². The standard InChI is InChI=1S/C50H57N3O14/c1-47(2,3)64-38(57)23-21-34(28-54)52-36(55)24-25-51-46(60)49-26-35-39-40(66-50(65-39,32-16-8-6-9-17-32)33-18-10-7-11-19-33)42(49)67-53(41(49)44(58)62-35)27-31-15-13-12-14-30(31)20-22-37(56)63-43-45(59)61-29-48(43,4)5/h6-20,22,34-35,39-43,54H,21,23-29H2,1-5H3,(H,51,60)(H,52,55). The molecule has 8 rings (SSSR count). The third-order valence-corrected chi connectivity index (χ3v) is 12.8. The molecule has 3 aromatic rings. The van der Waals surface area contributed by atoms with E-state index in [0.717, 1.165) is 0 Å². The molecular weight excluding hydrogens is 867 g/mol. The number of cyclic esters (lactones) is 1. The summed E-state index contributed by atoms with van der Waals surface area (Å²) in [4.78, 5) is 87.1. The van der Waals surface area contributed by atoms with Crippen molar-refractivity contribution in [3.8, 4) is 0 Å². The van der Waals surface area contributed by atoms with Crippen LogP contribution in [-0.4, -0.2) is 114 Å². The van der Waals surface area contributed by atoms with Gasteiger partial charge in [0.1, 0.15) is 42.0 Å². The number of ether oxygens (including phenoxy) is 6. The van der Waals surface area contributed by atoms with Gasteiger partial charge in [-0.05, 0) is 44.4 Å². The number of nitrogens with one attached hydrogen (secondary N) is 2. The quantitative estimate of drug-likeness (QED) is 0.106. The van der Waals surface area contributed by atoms with E-state index in [1.807, 2.05) is 60.7 Å². The number of fused-ring (bicyclic) bond motifs is 4. The number of esters is 4. The van der Waals surface area contributed by atoms with Crippen molar-refractivity contribution in [2.75, 3.05) is 19.8 Å². The lowest BCUT2D eigenvalue weighted by Gasteiger charge is -2.48. The molecule has 4 saturated heterocycles.